The maximum Gasteiger partial charge on any atom is 0.320 e. The monoisotopic (exact) mass is 525 g/mol. The van der Waals surface area contributed by atoms with E-state index in [-0.39, 0.29) is 29.1 Å². The Morgan fingerprint density at radius 2 is 1.69 bits per heavy atom. The van der Waals surface area contributed by atoms with Crippen molar-refractivity contribution in [1.29, 1.82) is 0 Å². The number of hydrogen-bond donors (Lipinski definition) is 1. The van der Waals surface area contributed by atoms with Gasteiger partial charge in [-0.25, -0.2) is 9.78 Å². The van der Waals surface area contributed by atoms with Crippen LogP contribution in [-0.4, -0.2) is 51.1 Å². The molecule has 2 N–H and O–H groups in total. The van der Waals surface area contributed by atoms with Crippen molar-refractivity contribution in [3.63, 3.8) is 0 Å². The fraction of sp³-hybridized carbons (Fsp3) is 0.469. The van der Waals surface area contributed by atoms with E-state index in [1.165, 1.54) is 18.4 Å². The Hall–Kier alpha value is -3.45. The molecule has 0 bridgehead atoms. The Kier molecular flexibility index (Phi) is 7.26. The van der Waals surface area contributed by atoms with Crippen molar-refractivity contribution >= 4 is 6.03 Å². The van der Waals surface area contributed by atoms with Crippen LogP contribution in [0.1, 0.15) is 56.6 Å². The van der Waals surface area contributed by atoms with Crippen molar-refractivity contribution in [3.8, 4) is 11.3 Å². The van der Waals surface area contributed by atoms with Crippen LogP contribution in [0.4, 0.5) is 4.79 Å². The van der Waals surface area contributed by atoms with Crippen molar-refractivity contribution in [2.45, 2.75) is 63.6 Å². The zero-order chi connectivity index (χ0) is 26.8. The van der Waals surface area contributed by atoms with Crippen LogP contribution in [0.2, 0.25) is 0 Å². The van der Waals surface area contributed by atoms with Crippen LogP contribution in [0.5, 0.6) is 0 Å². The molecule has 3 aromatic rings. The lowest BCUT2D eigenvalue weighted by atomic mass is 9.69. The molecule has 1 aromatic heterocycles. The van der Waals surface area contributed by atoms with Gasteiger partial charge < -0.3 is 15.5 Å². The van der Waals surface area contributed by atoms with E-state index in [2.05, 4.69) is 34.1 Å². The molecule has 3 heterocycles. The third-order valence-corrected chi connectivity index (χ3v) is 9.40. The highest BCUT2D eigenvalue weighted by Gasteiger charge is 2.47. The largest absolute Gasteiger partial charge is 0.326 e. The van der Waals surface area contributed by atoms with Crippen LogP contribution in [0.15, 0.2) is 77.9 Å². The minimum absolute atomic E-state index is 0.0106. The van der Waals surface area contributed by atoms with Gasteiger partial charge in [-0.2, -0.15) is 0 Å². The first kappa shape index (κ1) is 25.8. The number of carbonyl (C=O) groups excluding carboxylic acids is 1. The Balaban J connectivity index is 1.20. The summed E-state index contributed by atoms with van der Waals surface area (Å²) in [5, 5.41) is 0. The zero-order valence-corrected chi connectivity index (χ0v) is 22.6. The predicted molar refractivity (Wildman–Crippen MR) is 153 cm³/mol. The number of rotatable bonds is 4. The number of nitrogens with two attached hydrogens (primary N) is 1. The normalized spacial score (nSPS) is 24.7. The van der Waals surface area contributed by atoms with Gasteiger partial charge in [0, 0.05) is 43.9 Å². The van der Waals surface area contributed by atoms with E-state index in [0.717, 1.165) is 44.2 Å². The first-order valence-electron chi connectivity index (χ1n) is 14.5. The predicted octanol–water partition coefficient (Wildman–Crippen LogP) is 5.08. The number of likely N-dealkylation sites (tertiary alicyclic amines) is 2. The van der Waals surface area contributed by atoms with E-state index in [0.29, 0.717) is 31.2 Å². The molecule has 1 saturated carbocycles. The molecule has 0 radical (unpaired) electrons. The second kappa shape index (κ2) is 11.0. The van der Waals surface area contributed by atoms with Crippen molar-refractivity contribution in [1.82, 2.24) is 19.4 Å². The molecule has 0 unspecified atom stereocenters. The minimum atomic E-state index is -0.0106. The Bertz CT molecular complexity index is 1340. The second-order valence-corrected chi connectivity index (χ2v) is 11.8. The van der Waals surface area contributed by atoms with Gasteiger partial charge in [0.2, 0.25) is 0 Å². The molecule has 1 spiro atoms. The number of carbonyl (C=O) groups is 1. The maximum absolute atomic E-state index is 14.0. The van der Waals surface area contributed by atoms with Crippen molar-refractivity contribution in [3.05, 3.63) is 89.0 Å². The SMILES string of the molecule is N[C@@H]1CC[C@@H](c2ccccc2)N(C(=O)N2CC[C@@H](Cn3cnc(-c4ccccc4)cc3=O)C3(CCCC3)C2)C1. The van der Waals surface area contributed by atoms with Crippen LogP contribution in [0.3, 0.4) is 0 Å². The van der Waals surface area contributed by atoms with Crippen LogP contribution < -0.4 is 11.3 Å². The summed E-state index contributed by atoms with van der Waals surface area (Å²) in [6, 6.07) is 22.1. The van der Waals surface area contributed by atoms with Gasteiger partial charge in [0.15, 0.2) is 0 Å². The lowest BCUT2D eigenvalue weighted by Gasteiger charge is -2.49. The first-order chi connectivity index (χ1) is 19.0. The van der Waals surface area contributed by atoms with Crippen LogP contribution in [0.25, 0.3) is 11.3 Å². The highest BCUT2D eigenvalue weighted by molar-refractivity contribution is 5.75. The van der Waals surface area contributed by atoms with Gasteiger partial charge in [0.05, 0.1) is 18.1 Å². The molecule has 6 rings (SSSR count). The standard InChI is InChI=1S/C32H39N5O2/c33-27-13-14-29(25-11-5-2-6-12-25)37(21-27)31(39)35-18-15-26(32(22-35)16-7-8-17-32)20-36-23-34-28(19-30(36)38)24-9-3-1-4-10-24/h1-6,9-12,19,23,26-27,29H,7-8,13-18,20-22,33H2/t26-,27+,29-/m0/s1. The minimum Gasteiger partial charge on any atom is -0.326 e. The molecular formula is C32H39N5O2. The third kappa shape index (κ3) is 5.24. The van der Waals surface area contributed by atoms with E-state index in [1.807, 2.05) is 41.3 Å². The summed E-state index contributed by atoms with van der Waals surface area (Å²) in [7, 11) is 0. The fourth-order valence-electron chi connectivity index (χ4n) is 7.28. The van der Waals surface area contributed by atoms with Gasteiger partial charge in [-0.3, -0.25) is 9.36 Å². The fourth-order valence-corrected chi connectivity index (χ4v) is 7.28. The molecular weight excluding hydrogens is 486 g/mol. The van der Waals surface area contributed by atoms with Crippen molar-refractivity contribution in [2.75, 3.05) is 19.6 Å². The molecule has 1 aliphatic carbocycles. The summed E-state index contributed by atoms with van der Waals surface area (Å²) in [5.74, 6) is 0.347. The molecule has 3 fully saturated rings. The molecule has 7 heteroatoms. The highest BCUT2D eigenvalue weighted by atomic mass is 16.2. The van der Waals surface area contributed by atoms with E-state index < -0.39 is 0 Å². The molecule has 204 valence electrons. The number of piperidine rings is 2. The lowest BCUT2D eigenvalue weighted by Crippen LogP contribution is -2.57. The average Bonchev–Trinajstić information content (AvgIpc) is 3.44. The lowest BCUT2D eigenvalue weighted by molar-refractivity contribution is 0.0211. The molecule has 7 nitrogen and oxygen atoms in total. The van der Waals surface area contributed by atoms with Crippen molar-refractivity contribution < 1.29 is 4.79 Å². The van der Waals surface area contributed by atoms with Gasteiger partial charge in [0.25, 0.3) is 5.56 Å². The Morgan fingerprint density at radius 3 is 2.41 bits per heavy atom. The molecule has 2 saturated heterocycles. The first-order valence-corrected chi connectivity index (χ1v) is 14.5. The summed E-state index contributed by atoms with van der Waals surface area (Å²) in [5.41, 5.74) is 9.25. The third-order valence-electron chi connectivity index (χ3n) is 9.40. The van der Waals surface area contributed by atoms with Crippen LogP contribution >= 0.6 is 0 Å². The number of hydrogen-bond acceptors (Lipinski definition) is 4. The molecule has 3 aliphatic rings. The molecule has 2 amide bonds. The zero-order valence-electron chi connectivity index (χ0n) is 22.6. The maximum atomic E-state index is 14.0. The summed E-state index contributed by atoms with van der Waals surface area (Å²) in [6.45, 7) is 2.72. The number of amides is 2. The highest BCUT2D eigenvalue weighted by Crippen LogP contribution is 2.49. The quantitative estimate of drug-likeness (QED) is 0.515. The van der Waals surface area contributed by atoms with Crippen molar-refractivity contribution in [2.24, 2.45) is 17.1 Å². The Morgan fingerprint density at radius 1 is 0.974 bits per heavy atom. The number of benzene rings is 2. The van der Waals surface area contributed by atoms with Gasteiger partial charge in [-0.15, -0.1) is 0 Å². The molecule has 2 aliphatic heterocycles. The van der Waals surface area contributed by atoms with Gasteiger partial charge >= 0.3 is 6.03 Å². The van der Waals surface area contributed by atoms with Crippen LogP contribution in [-0.2, 0) is 6.54 Å². The number of nitrogens with zero attached hydrogens (tertiary/aromatic N) is 4. The van der Waals surface area contributed by atoms with E-state index >= 15 is 0 Å². The topological polar surface area (TPSA) is 84.5 Å². The molecule has 39 heavy (non-hydrogen) atoms. The summed E-state index contributed by atoms with van der Waals surface area (Å²) in [6.07, 6.45) is 9.01. The van der Waals surface area contributed by atoms with E-state index in [4.69, 9.17) is 5.73 Å². The molecule has 2 aromatic carbocycles. The summed E-state index contributed by atoms with van der Waals surface area (Å²) >= 11 is 0. The smallest absolute Gasteiger partial charge is 0.320 e. The van der Waals surface area contributed by atoms with Gasteiger partial charge in [-0.05, 0) is 49.0 Å². The van der Waals surface area contributed by atoms with E-state index in [1.54, 1.807) is 17.0 Å². The average molecular weight is 526 g/mol. The van der Waals surface area contributed by atoms with Gasteiger partial charge in [0.1, 0.15) is 0 Å². The molecule has 3 atom stereocenters. The summed E-state index contributed by atoms with van der Waals surface area (Å²) < 4.78 is 1.78. The second-order valence-electron chi connectivity index (χ2n) is 11.8. The van der Waals surface area contributed by atoms with Crippen LogP contribution in [0, 0.1) is 11.3 Å². The van der Waals surface area contributed by atoms with E-state index in [9.17, 15) is 9.59 Å². The number of aromatic nitrogens is 2. The Labute approximate surface area is 230 Å². The number of urea groups is 1. The summed E-state index contributed by atoms with van der Waals surface area (Å²) in [4.78, 5) is 35.9. The van der Waals surface area contributed by atoms with Gasteiger partial charge in [-0.1, -0.05) is 73.5 Å².